The number of rotatable bonds is 4. The number of carbonyl (C=O) groups excluding carboxylic acids is 2. The lowest BCUT2D eigenvalue weighted by molar-refractivity contribution is -0.122. The van der Waals surface area contributed by atoms with Crippen LogP contribution in [0.15, 0.2) is 12.3 Å². The molecule has 1 aromatic heterocycles. The Hall–Kier alpha value is -1.82. The minimum atomic E-state index is -0.649. The number of amides is 2. The van der Waals surface area contributed by atoms with E-state index in [1.165, 1.54) is 12.3 Å². The SMILES string of the molecule is CCNC(=O)C(C)NC(=O)c1cc(Cl)ncc1N. The van der Waals surface area contributed by atoms with Crippen LogP contribution in [0.2, 0.25) is 5.15 Å². The zero-order chi connectivity index (χ0) is 13.7. The van der Waals surface area contributed by atoms with Gasteiger partial charge in [0.15, 0.2) is 0 Å². The Kier molecular flexibility index (Phi) is 4.91. The number of anilines is 1. The first-order chi connectivity index (χ1) is 8.45. The first kappa shape index (κ1) is 14.2. The lowest BCUT2D eigenvalue weighted by Gasteiger charge is -2.14. The normalized spacial score (nSPS) is 11.7. The van der Waals surface area contributed by atoms with Crippen LogP contribution in [0.5, 0.6) is 0 Å². The molecule has 1 rings (SSSR count). The number of nitrogens with one attached hydrogen (secondary N) is 2. The topological polar surface area (TPSA) is 97.1 Å². The average Bonchev–Trinajstić information content (AvgIpc) is 2.32. The maximum absolute atomic E-state index is 11.9. The number of nitrogens with two attached hydrogens (primary N) is 1. The molecule has 1 heterocycles. The highest BCUT2D eigenvalue weighted by atomic mass is 35.5. The standard InChI is InChI=1S/C11H15ClN4O2/c1-3-14-10(17)6(2)16-11(18)7-4-9(12)15-5-8(7)13/h4-6H,3,13H2,1-2H3,(H,14,17)(H,16,18). The number of carbonyl (C=O) groups is 2. The van der Waals surface area contributed by atoms with Crippen LogP contribution in [0.25, 0.3) is 0 Å². The Bertz CT molecular complexity index is 464. The summed E-state index contributed by atoms with van der Waals surface area (Å²) in [7, 11) is 0. The van der Waals surface area contributed by atoms with E-state index in [0.717, 1.165) is 0 Å². The maximum atomic E-state index is 11.9. The number of aromatic nitrogens is 1. The molecule has 0 saturated heterocycles. The summed E-state index contributed by atoms with van der Waals surface area (Å²) >= 11 is 5.68. The van der Waals surface area contributed by atoms with Crippen molar-refractivity contribution in [2.45, 2.75) is 19.9 Å². The molecule has 0 bridgehead atoms. The summed E-state index contributed by atoms with van der Waals surface area (Å²) in [6.45, 7) is 3.89. The highest BCUT2D eigenvalue weighted by molar-refractivity contribution is 6.29. The number of hydrogen-bond acceptors (Lipinski definition) is 4. The van der Waals surface area contributed by atoms with Crippen molar-refractivity contribution in [3.8, 4) is 0 Å². The number of likely N-dealkylation sites (N-methyl/N-ethyl adjacent to an activating group) is 1. The van der Waals surface area contributed by atoms with Crippen molar-refractivity contribution >= 4 is 29.1 Å². The Labute approximate surface area is 110 Å². The van der Waals surface area contributed by atoms with Gasteiger partial charge in [-0.25, -0.2) is 4.98 Å². The largest absolute Gasteiger partial charge is 0.397 e. The van der Waals surface area contributed by atoms with Crippen LogP contribution in [0, 0.1) is 0 Å². The van der Waals surface area contributed by atoms with Gasteiger partial charge in [0.05, 0.1) is 17.4 Å². The fourth-order valence-corrected chi connectivity index (χ4v) is 1.46. The summed E-state index contributed by atoms with van der Waals surface area (Å²) in [6, 6.07) is 0.709. The molecule has 0 fully saturated rings. The predicted octanol–water partition coefficient (Wildman–Crippen LogP) is 0.572. The van der Waals surface area contributed by atoms with E-state index in [-0.39, 0.29) is 22.3 Å². The van der Waals surface area contributed by atoms with Gasteiger partial charge in [0.25, 0.3) is 5.91 Å². The first-order valence-electron chi connectivity index (χ1n) is 5.45. The molecule has 7 heteroatoms. The lowest BCUT2D eigenvalue weighted by Crippen LogP contribution is -2.44. The molecule has 1 atom stereocenters. The third-order valence-electron chi connectivity index (χ3n) is 2.24. The van der Waals surface area contributed by atoms with Crippen LogP contribution >= 0.6 is 11.6 Å². The number of pyridine rings is 1. The Morgan fingerprint density at radius 3 is 2.83 bits per heavy atom. The van der Waals surface area contributed by atoms with E-state index < -0.39 is 11.9 Å². The second-order valence-corrected chi connectivity index (χ2v) is 4.07. The van der Waals surface area contributed by atoms with E-state index in [1.807, 2.05) is 0 Å². The molecule has 0 saturated carbocycles. The number of nitrogens with zero attached hydrogens (tertiary/aromatic N) is 1. The Morgan fingerprint density at radius 2 is 2.22 bits per heavy atom. The molecule has 0 aliphatic rings. The fraction of sp³-hybridized carbons (Fsp3) is 0.364. The van der Waals surface area contributed by atoms with E-state index in [1.54, 1.807) is 13.8 Å². The minimum absolute atomic E-state index is 0.167. The van der Waals surface area contributed by atoms with E-state index >= 15 is 0 Å². The van der Waals surface area contributed by atoms with Crippen molar-refractivity contribution in [2.75, 3.05) is 12.3 Å². The van der Waals surface area contributed by atoms with E-state index in [9.17, 15) is 9.59 Å². The molecule has 2 amide bonds. The molecule has 18 heavy (non-hydrogen) atoms. The minimum Gasteiger partial charge on any atom is -0.397 e. The van der Waals surface area contributed by atoms with Gasteiger partial charge >= 0.3 is 0 Å². The van der Waals surface area contributed by atoms with Crippen LogP contribution in [0.4, 0.5) is 5.69 Å². The Balaban J connectivity index is 2.76. The van der Waals surface area contributed by atoms with Gasteiger partial charge in [0.1, 0.15) is 11.2 Å². The lowest BCUT2D eigenvalue weighted by atomic mass is 10.2. The van der Waals surface area contributed by atoms with Gasteiger partial charge < -0.3 is 16.4 Å². The molecule has 98 valence electrons. The quantitative estimate of drug-likeness (QED) is 0.697. The second kappa shape index (κ2) is 6.20. The summed E-state index contributed by atoms with van der Waals surface area (Å²) in [4.78, 5) is 27.1. The van der Waals surface area contributed by atoms with E-state index in [0.29, 0.717) is 6.54 Å². The van der Waals surface area contributed by atoms with Crippen LogP contribution in [-0.4, -0.2) is 29.4 Å². The van der Waals surface area contributed by atoms with Crippen LogP contribution in [0.1, 0.15) is 24.2 Å². The number of hydrogen-bond donors (Lipinski definition) is 3. The Morgan fingerprint density at radius 1 is 1.56 bits per heavy atom. The molecule has 1 aromatic rings. The summed E-state index contributed by atoms with van der Waals surface area (Å²) in [6.07, 6.45) is 1.30. The highest BCUT2D eigenvalue weighted by Crippen LogP contribution is 2.14. The summed E-state index contributed by atoms with van der Waals surface area (Å²) < 4.78 is 0. The predicted molar refractivity (Wildman–Crippen MR) is 69.3 cm³/mol. The highest BCUT2D eigenvalue weighted by Gasteiger charge is 2.17. The van der Waals surface area contributed by atoms with E-state index in [2.05, 4.69) is 15.6 Å². The fourth-order valence-electron chi connectivity index (χ4n) is 1.30. The summed E-state index contributed by atoms with van der Waals surface area (Å²) in [5.41, 5.74) is 6.03. The average molecular weight is 271 g/mol. The smallest absolute Gasteiger partial charge is 0.254 e. The molecule has 1 unspecified atom stereocenters. The number of halogens is 1. The van der Waals surface area contributed by atoms with Crippen molar-refractivity contribution in [1.29, 1.82) is 0 Å². The van der Waals surface area contributed by atoms with Crippen molar-refractivity contribution < 1.29 is 9.59 Å². The van der Waals surface area contributed by atoms with Crippen molar-refractivity contribution in [1.82, 2.24) is 15.6 Å². The van der Waals surface area contributed by atoms with E-state index in [4.69, 9.17) is 17.3 Å². The van der Waals surface area contributed by atoms with Gasteiger partial charge in [0.2, 0.25) is 5.91 Å². The van der Waals surface area contributed by atoms with Gasteiger partial charge in [-0.1, -0.05) is 11.6 Å². The molecule has 0 aliphatic carbocycles. The zero-order valence-electron chi connectivity index (χ0n) is 10.2. The third kappa shape index (κ3) is 3.59. The third-order valence-corrected chi connectivity index (χ3v) is 2.44. The van der Waals surface area contributed by atoms with Gasteiger partial charge in [-0.15, -0.1) is 0 Å². The molecule has 0 radical (unpaired) electrons. The van der Waals surface area contributed by atoms with Gasteiger partial charge in [-0.3, -0.25) is 9.59 Å². The molecular weight excluding hydrogens is 256 g/mol. The van der Waals surface area contributed by atoms with Crippen molar-refractivity contribution in [3.05, 3.63) is 23.0 Å². The molecule has 0 aliphatic heterocycles. The van der Waals surface area contributed by atoms with Gasteiger partial charge in [-0.2, -0.15) is 0 Å². The zero-order valence-corrected chi connectivity index (χ0v) is 10.9. The molecule has 0 spiro atoms. The number of nitrogen functional groups attached to an aromatic ring is 1. The molecular formula is C11H15ClN4O2. The summed E-state index contributed by atoms with van der Waals surface area (Å²) in [5.74, 6) is -0.722. The van der Waals surface area contributed by atoms with Crippen LogP contribution < -0.4 is 16.4 Å². The summed E-state index contributed by atoms with van der Waals surface area (Å²) in [5, 5.41) is 5.30. The maximum Gasteiger partial charge on any atom is 0.254 e. The van der Waals surface area contributed by atoms with Crippen molar-refractivity contribution in [2.24, 2.45) is 0 Å². The second-order valence-electron chi connectivity index (χ2n) is 3.68. The molecule has 0 aromatic carbocycles. The molecule has 6 nitrogen and oxygen atoms in total. The first-order valence-corrected chi connectivity index (χ1v) is 5.83. The molecule has 4 N–H and O–H groups in total. The van der Waals surface area contributed by atoms with Crippen molar-refractivity contribution in [3.63, 3.8) is 0 Å². The van der Waals surface area contributed by atoms with Crippen LogP contribution in [-0.2, 0) is 4.79 Å². The van der Waals surface area contributed by atoms with Gasteiger partial charge in [0, 0.05) is 6.54 Å². The monoisotopic (exact) mass is 270 g/mol. The van der Waals surface area contributed by atoms with Crippen LogP contribution in [0.3, 0.4) is 0 Å². The van der Waals surface area contributed by atoms with Gasteiger partial charge in [-0.05, 0) is 19.9 Å².